The van der Waals surface area contributed by atoms with Crippen molar-refractivity contribution in [3.05, 3.63) is 34.0 Å². The smallest absolute Gasteiger partial charge is 0.345 e. The number of carboxylic acid groups (broad SMARTS) is 1. The predicted molar refractivity (Wildman–Crippen MR) is 78.1 cm³/mol. The molecule has 9 heteroatoms. The summed E-state index contributed by atoms with van der Waals surface area (Å²) >= 11 is 0.953. The first-order chi connectivity index (χ1) is 9.90. The van der Waals surface area contributed by atoms with Gasteiger partial charge in [0.1, 0.15) is 10.7 Å². The van der Waals surface area contributed by atoms with E-state index in [-0.39, 0.29) is 16.3 Å². The van der Waals surface area contributed by atoms with Crippen molar-refractivity contribution in [1.29, 1.82) is 0 Å². The predicted octanol–water partition coefficient (Wildman–Crippen LogP) is 1.39. The summed E-state index contributed by atoms with van der Waals surface area (Å²) < 4.78 is 26.7. The van der Waals surface area contributed by atoms with Crippen LogP contribution in [0.4, 0.5) is 0 Å². The summed E-state index contributed by atoms with van der Waals surface area (Å²) in [6.45, 7) is 1.86. The number of thiophene rings is 1. The highest BCUT2D eigenvalue weighted by molar-refractivity contribution is 7.89. The lowest BCUT2D eigenvalue weighted by atomic mass is 10.3. The molecule has 0 radical (unpaired) electrons. The maximum absolute atomic E-state index is 12.1. The van der Waals surface area contributed by atoms with Crippen molar-refractivity contribution in [2.24, 2.45) is 0 Å². The molecule has 0 saturated carbocycles. The van der Waals surface area contributed by atoms with Crippen LogP contribution in [0.5, 0.6) is 0 Å². The van der Waals surface area contributed by atoms with Gasteiger partial charge in [0.05, 0.1) is 4.90 Å². The second-order valence-corrected chi connectivity index (χ2v) is 7.37. The van der Waals surface area contributed by atoms with Gasteiger partial charge in [-0.1, -0.05) is 0 Å². The number of aryl methyl sites for hydroxylation is 2. The van der Waals surface area contributed by atoms with Gasteiger partial charge >= 0.3 is 5.97 Å². The highest BCUT2D eigenvalue weighted by atomic mass is 32.2. The van der Waals surface area contributed by atoms with Crippen molar-refractivity contribution >= 4 is 27.3 Å². The summed E-state index contributed by atoms with van der Waals surface area (Å²) in [7, 11) is -3.68. The molecule has 0 aliphatic rings. The number of aromatic carboxylic acids is 1. The summed E-state index contributed by atoms with van der Waals surface area (Å²) in [6.07, 6.45) is 4.59. The number of hydrogen-bond donors (Lipinski definition) is 3. The lowest BCUT2D eigenvalue weighted by molar-refractivity contribution is 0.0702. The average Bonchev–Trinajstić information content (AvgIpc) is 3.04. The molecule has 114 valence electrons. The average molecular weight is 329 g/mol. The summed E-state index contributed by atoms with van der Waals surface area (Å²) in [4.78, 5) is 18.4. The summed E-state index contributed by atoms with van der Waals surface area (Å²) in [5, 5.41) is 8.89. The number of carboxylic acids is 1. The highest BCUT2D eigenvalue weighted by Crippen LogP contribution is 2.25. The lowest BCUT2D eigenvalue weighted by Crippen LogP contribution is -2.25. The molecule has 21 heavy (non-hydrogen) atoms. The maximum atomic E-state index is 12.1. The number of aromatic amines is 1. The van der Waals surface area contributed by atoms with Gasteiger partial charge in [0, 0.05) is 30.2 Å². The SMILES string of the molecule is Cc1sc(C(=O)O)cc1S(=O)(=O)NCCCc1ncc[nH]1. The Morgan fingerprint density at radius 2 is 2.29 bits per heavy atom. The molecule has 3 N–H and O–H groups in total. The van der Waals surface area contributed by atoms with Crippen molar-refractivity contribution in [3.63, 3.8) is 0 Å². The Morgan fingerprint density at radius 1 is 1.52 bits per heavy atom. The Kier molecular flexibility index (Phi) is 4.76. The summed E-state index contributed by atoms with van der Waals surface area (Å²) in [5.41, 5.74) is 0. The largest absolute Gasteiger partial charge is 0.477 e. The molecule has 0 fully saturated rings. The van der Waals surface area contributed by atoms with Crippen LogP contribution in [0.2, 0.25) is 0 Å². The van der Waals surface area contributed by atoms with E-state index >= 15 is 0 Å². The van der Waals surface area contributed by atoms with Gasteiger partial charge < -0.3 is 10.1 Å². The van der Waals surface area contributed by atoms with E-state index in [1.807, 2.05) is 0 Å². The van der Waals surface area contributed by atoms with Crippen LogP contribution in [0.15, 0.2) is 23.4 Å². The van der Waals surface area contributed by atoms with Gasteiger partial charge in [0.15, 0.2) is 0 Å². The molecule has 2 aromatic rings. The number of carbonyl (C=O) groups is 1. The van der Waals surface area contributed by atoms with Gasteiger partial charge in [-0.2, -0.15) is 0 Å². The number of nitrogens with zero attached hydrogens (tertiary/aromatic N) is 1. The Bertz CT molecular complexity index is 720. The van der Waals surface area contributed by atoms with E-state index in [2.05, 4.69) is 14.7 Å². The number of sulfonamides is 1. The van der Waals surface area contributed by atoms with Gasteiger partial charge in [0.25, 0.3) is 0 Å². The highest BCUT2D eigenvalue weighted by Gasteiger charge is 2.21. The van der Waals surface area contributed by atoms with Gasteiger partial charge in [-0.05, 0) is 19.4 Å². The van der Waals surface area contributed by atoms with Crippen molar-refractivity contribution < 1.29 is 18.3 Å². The van der Waals surface area contributed by atoms with Gasteiger partial charge in [-0.15, -0.1) is 11.3 Å². The van der Waals surface area contributed by atoms with Crippen molar-refractivity contribution in [3.8, 4) is 0 Å². The molecule has 2 heterocycles. The molecular formula is C12H15N3O4S2. The van der Waals surface area contributed by atoms with Crippen molar-refractivity contribution in [2.75, 3.05) is 6.54 Å². The third-order valence-corrected chi connectivity index (χ3v) is 5.56. The van der Waals surface area contributed by atoms with Crippen LogP contribution in [0, 0.1) is 6.92 Å². The summed E-state index contributed by atoms with van der Waals surface area (Å²) in [6, 6.07) is 1.19. The van der Waals surface area contributed by atoms with Crippen molar-refractivity contribution in [1.82, 2.24) is 14.7 Å². The number of hydrogen-bond acceptors (Lipinski definition) is 5. The molecular weight excluding hydrogens is 314 g/mol. The molecule has 0 unspecified atom stereocenters. The Hall–Kier alpha value is -1.71. The van der Waals surface area contributed by atoms with E-state index in [1.165, 1.54) is 6.07 Å². The number of rotatable bonds is 7. The monoisotopic (exact) mass is 329 g/mol. The zero-order valence-corrected chi connectivity index (χ0v) is 12.9. The van der Waals surface area contributed by atoms with E-state index in [0.29, 0.717) is 17.7 Å². The first-order valence-electron chi connectivity index (χ1n) is 6.22. The first kappa shape index (κ1) is 15.7. The molecule has 0 atom stereocenters. The number of aromatic nitrogens is 2. The van der Waals surface area contributed by atoms with Gasteiger partial charge in [-0.25, -0.2) is 22.9 Å². The minimum atomic E-state index is -3.68. The molecule has 0 saturated heterocycles. The molecule has 2 aromatic heterocycles. The zero-order chi connectivity index (χ0) is 15.5. The van der Waals surface area contributed by atoms with E-state index < -0.39 is 16.0 Å². The normalized spacial score (nSPS) is 11.7. The molecule has 7 nitrogen and oxygen atoms in total. The Balaban J connectivity index is 1.96. The zero-order valence-electron chi connectivity index (χ0n) is 11.3. The van der Waals surface area contributed by atoms with Crippen LogP contribution in [0.1, 0.15) is 26.8 Å². The molecule has 0 aliphatic carbocycles. The summed E-state index contributed by atoms with van der Waals surface area (Å²) in [5.74, 6) is -0.323. The quantitative estimate of drug-likeness (QED) is 0.665. The molecule has 0 amide bonds. The van der Waals surface area contributed by atoms with Crippen LogP contribution >= 0.6 is 11.3 Å². The minimum absolute atomic E-state index is 0.0171. The van der Waals surface area contributed by atoms with Crippen LogP contribution in [-0.2, 0) is 16.4 Å². The third-order valence-electron chi connectivity index (χ3n) is 2.81. The maximum Gasteiger partial charge on any atom is 0.345 e. The molecule has 0 aromatic carbocycles. The van der Waals surface area contributed by atoms with Gasteiger partial charge in [0.2, 0.25) is 10.0 Å². The number of imidazole rings is 1. The van der Waals surface area contributed by atoms with E-state index in [4.69, 9.17) is 5.11 Å². The van der Waals surface area contributed by atoms with Crippen LogP contribution in [0.25, 0.3) is 0 Å². The van der Waals surface area contributed by atoms with Crippen LogP contribution in [-0.4, -0.2) is 36.0 Å². The van der Waals surface area contributed by atoms with Crippen LogP contribution < -0.4 is 4.72 Å². The minimum Gasteiger partial charge on any atom is -0.477 e. The standard InChI is InChI=1S/C12H15N3O4S2/c1-8-10(7-9(20-8)12(16)17)21(18,19)15-4-2-3-11-13-5-6-14-11/h5-7,15H,2-4H2,1H3,(H,13,14)(H,16,17). The fourth-order valence-corrected chi connectivity index (χ4v) is 4.31. The second-order valence-electron chi connectivity index (χ2n) is 4.37. The molecule has 0 aliphatic heterocycles. The van der Waals surface area contributed by atoms with E-state index in [9.17, 15) is 13.2 Å². The topological polar surface area (TPSA) is 112 Å². The second kappa shape index (κ2) is 6.37. The Labute approximate surface area is 126 Å². The third kappa shape index (κ3) is 3.90. The van der Waals surface area contributed by atoms with Gasteiger partial charge in [-0.3, -0.25) is 0 Å². The fourth-order valence-electron chi connectivity index (χ4n) is 1.81. The molecule has 0 spiro atoms. The van der Waals surface area contributed by atoms with E-state index in [0.717, 1.165) is 17.2 Å². The number of nitrogens with one attached hydrogen (secondary N) is 2. The molecule has 0 bridgehead atoms. The molecule has 2 rings (SSSR count). The lowest BCUT2D eigenvalue weighted by Gasteiger charge is -2.05. The fraction of sp³-hybridized carbons (Fsp3) is 0.333. The first-order valence-corrected chi connectivity index (χ1v) is 8.52. The Morgan fingerprint density at radius 3 is 2.86 bits per heavy atom. The van der Waals surface area contributed by atoms with Crippen molar-refractivity contribution in [2.45, 2.75) is 24.7 Å². The number of H-pyrrole nitrogens is 1. The van der Waals surface area contributed by atoms with E-state index in [1.54, 1.807) is 19.3 Å². The van der Waals surface area contributed by atoms with Crippen LogP contribution in [0.3, 0.4) is 0 Å².